The van der Waals surface area contributed by atoms with Crippen LogP contribution in [0.3, 0.4) is 0 Å². The molecule has 0 saturated carbocycles. The normalized spacial score (nSPS) is 19.9. The van der Waals surface area contributed by atoms with Gasteiger partial charge in [-0.1, -0.05) is 12.1 Å². The van der Waals surface area contributed by atoms with Gasteiger partial charge in [0.05, 0.1) is 26.2 Å². The van der Waals surface area contributed by atoms with E-state index < -0.39 is 0 Å². The maximum Gasteiger partial charge on any atom is 0.227 e. The van der Waals surface area contributed by atoms with Crippen LogP contribution in [0.2, 0.25) is 0 Å². The lowest BCUT2D eigenvalue weighted by Crippen LogP contribution is -2.49. The molecule has 4 rings (SSSR count). The number of likely N-dealkylation sites (tertiary alicyclic amines) is 1. The molecule has 172 valence electrons. The lowest BCUT2D eigenvalue weighted by Gasteiger charge is -2.36. The maximum absolute atomic E-state index is 13.2. The Bertz CT molecular complexity index is 960. The summed E-state index contributed by atoms with van der Waals surface area (Å²) in [6.07, 6.45) is 2.79. The minimum Gasteiger partial charge on any atom is -0.494 e. The van der Waals surface area contributed by atoms with Gasteiger partial charge in [0.1, 0.15) is 11.3 Å². The smallest absolute Gasteiger partial charge is 0.227 e. The molecule has 1 aromatic carbocycles. The molecule has 2 aromatic rings. The van der Waals surface area contributed by atoms with E-state index in [1.807, 2.05) is 36.2 Å². The number of hydrogen-bond acceptors (Lipinski definition) is 6. The summed E-state index contributed by atoms with van der Waals surface area (Å²) >= 11 is 0. The predicted octanol–water partition coefficient (Wildman–Crippen LogP) is 1.77. The molecule has 1 aromatic heterocycles. The Balaban J connectivity index is 1.39. The number of fused-ring (bicyclic) bond motifs is 1. The van der Waals surface area contributed by atoms with Crippen LogP contribution in [-0.2, 0) is 20.9 Å². The van der Waals surface area contributed by atoms with Crippen LogP contribution in [0.4, 0.5) is 0 Å². The van der Waals surface area contributed by atoms with Gasteiger partial charge in [0.2, 0.25) is 11.8 Å². The number of methoxy groups -OCH3 is 1. The molecule has 0 bridgehead atoms. The monoisotopic (exact) mass is 440 g/mol. The van der Waals surface area contributed by atoms with Crippen LogP contribution in [-0.4, -0.2) is 91.6 Å². The highest BCUT2D eigenvalue weighted by molar-refractivity contribution is 5.88. The largest absolute Gasteiger partial charge is 0.494 e. The lowest BCUT2D eigenvalue weighted by molar-refractivity contribution is -0.142. The molecule has 0 radical (unpaired) electrons. The summed E-state index contributed by atoms with van der Waals surface area (Å²) < 4.78 is 10.8. The van der Waals surface area contributed by atoms with E-state index >= 15 is 0 Å². The molecule has 32 heavy (non-hydrogen) atoms. The fourth-order valence-corrected chi connectivity index (χ4v) is 4.57. The number of morpholine rings is 1. The number of pyridine rings is 1. The Morgan fingerprint density at radius 1 is 1.25 bits per heavy atom. The number of carbonyl (C=O) groups is 2. The topological polar surface area (TPSA) is 75.2 Å². The van der Waals surface area contributed by atoms with Crippen LogP contribution in [0.1, 0.15) is 18.4 Å². The number of aromatic nitrogens is 1. The van der Waals surface area contributed by atoms with Crippen molar-refractivity contribution < 1.29 is 19.1 Å². The van der Waals surface area contributed by atoms with Gasteiger partial charge in [-0.15, -0.1) is 0 Å². The third kappa shape index (κ3) is 5.02. The van der Waals surface area contributed by atoms with E-state index in [4.69, 9.17) is 9.47 Å². The first-order valence-corrected chi connectivity index (χ1v) is 11.3. The Morgan fingerprint density at radius 3 is 2.84 bits per heavy atom. The first-order chi connectivity index (χ1) is 15.6. The molecule has 8 heteroatoms. The van der Waals surface area contributed by atoms with E-state index in [9.17, 15) is 9.59 Å². The third-order valence-electron chi connectivity index (χ3n) is 6.47. The van der Waals surface area contributed by atoms with E-state index in [0.717, 1.165) is 55.1 Å². The molecule has 2 aliphatic rings. The van der Waals surface area contributed by atoms with Crippen molar-refractivity contribution in [3.05, 3.63) is 36.0 Å². The number of rotatable bonds is 7. The molecule has 0 N–H and O–H groups in total. The number of benzene rings is 1. The minimum absolute atomic E-state index is 0.0849. The average molecular weight is 441 g/mol. The number of nitrogens with zero attached hydrogens (tertiary/aromatic N) is 4. The van der Waals surface area contributed by atoms with Gasteiger partial charge in [0.15, 0.2) is 0 Å². The summed E-state index contributed by atoms with van der Waals surface area (Å²) in [7, 11) is 3.47. The number of ether oxygens (including phenoxy) is 2. The zero-order chi connectivity index (χ0) is 22.5. The molecule has 0 unspecified atom stereocenters. The summed E-state index contributed by atoms with van der Waals surface area (Å²) in [5.41, 5.74) is 1.83. The molecule has 3 heterocycles. The second-order valence-corrected chi connectivity index (χ2v) is 8.55. The van der Waals surface area contributed by atoms with E-state index in [0.29, 0.717) is 32.5 Å². The van der Waals surface area contributed by atoms with Crippen LogP contribution in [0.15, 0.2) is 30.5 Å². The average Bonchev–Trinajstić information content (AvgIpc) is 2.84. The van der Waals surface area contributed by atoms with Gasteiger partial charge in [-0.05, 0) is 24.1 Å². The Hall–Kier alpha value is -2.71. The molecule has 2 amide bonds. The van der Waals surface area contributed by atoms with E-state index in [2.05, 4.69) is 9.88 Å². The van der Waals surface area contributed by atoms with E-state index in [1.54, 1.807) is 18.2 Å². The second-order valence-electron chi connectivity index (χ2n) is 8.55. The van der Waals surface area contributed by atoms with Crippen molar-refractivity contribution in [1.29, 1.82) is 0 Å². The first kappa shape index (κ1) is 22.5. The van der Waals surface area contributed by atoms with Gasteiger partial charge in [-0.25, -0.2) is 0 Å². The van der Waals surface area contributed by atoms with Crippen LogP contribution in [0.5, 0.6) is 5.75 Å². The second kappa shape index (κ2) is 10.3. The molecule has 2 fully saturated rings. The van der Waals surface area contributed by atoms with E-state index in [-0.39, 0.29) is 17.7 Å². The molecule has 1 atom stereocenters. The van der Waals surface area contributed by atoms with E-state index in [1.165, 1.54) is 0 Å². The highest BCUT2D eigenvalue weighted by Gasteiger charge is 2.32. The van der Waals surface area contributed by atoms with Gasteiger partial charge in [0, 0.05) is 64.3 Å². The summed E-state index contributed by atoms with van der Waals surface area (Å²) in [4.78, 5) is 36.1. The van der Waals surface area contributed by atoms with Crippen molar-refractivity contribution in [2.75, 3.05) is 60.1 Å². The zero-order valence-electron chi connectivity index (χ0n) is 19.0. The molecular formula is C24H32N4O4. The fourth-order valence-electron chi connectivity index (χ4n) is 4.57. The van der Waals surface area contributed by atoms with Gasteiger partial charge in [0.25, 0.3) is 0 Å². The molecule has 0 aliphatic carbocycles. The number of piperidine rings is 1. The zero-order valence-corrected chi connectivity index (χ0v) is 19.0. The third-order valence-corrected chi connectivity index (χ3v) is 6.47. The highest BCUT2D eigenvalue weighted by atomic mass is 16.5. The Labute approximate surface area is 189 Å². The van der Waals surface area contributed by atoms with Gasteiger partial charge in [-0.3, -0.25) is 19.5 Å². The SMILES string of the molecule is COc1ccc(CN(C)C(=O)[C@@H]2CCC(=O)N(CCN3CCOCC3)C2)c2cccnc12. The maximum atomic E-state index is 13.2. The number of amides is 2. The predicted molar refractivity (Wildman–Crippen MR) is 121 cm³/mol. The summed E-state index contributed by atoms with van der Waals surface area (Å²) in [6, 6.07) is 7.79. The Morgan fingerprint density at radius 2 is 2.06 bits per heavy atom. The quantitative estimate of drug-likeness (QED) is 0.653. The fraction of sp³-hybridized carbons (Fsp3) is 0.542. The molecule has 0 spiro atoms. The standard InChI is InChI=1S/C24H32N4O4/c1-26(16-18-5-7-21(31-2)23-20(18)4-3-9-25-23)24(30)19-6-8-22(29)28(17-19)11-10-27-12-14-32-15-13-27/h3-5,7,9,19H,6,8,10-17H2,1-2H3/t19-/m1/s1. The molecule has 8 nitrogen and oxygen atoms in total. The van der Waals surface area contributed by atoms with Gasteiger partial charge >= 0.3 is 0 Å². The van der Waals surface area contributed by atoms with Crippen molar-refractivity contribution in [2.45, 2.75) is 19.4 Å². The number of hydrogen-bond donors (Lipinski definition) is 0. The molecule has 2 saturated heterocycles. The van der Waals surface area contributed by atoms with Gasteiger partial charge in [-0.2, -0.15) is 0 Å². The van der Waals surface area contributed by atoms with Crippen LogP contribution in [0, 0.1) is 5.92 Å². The lowest BCUT2D eigenvalue weighted by atomic mass is 9.95. The summed E-state index contributed by atoms with van der Waals surface area (Å²) in [5.74, 6) is 0.795. The van der Waals surface area contributed by atoms with Gasteiger partial charge < -0.3 is 19.3 Å². The Kier molecular flexibility index (Phi) is 7.22. The van der Waals surface area contributed by atoms with Crippen molar-refractivity contribution in [1.82, 2.24) is 19.7 Å². The van der Waals surface area contributed by atoms with Crippen LogP contribution < -0.4 is 4.74 Å². The highest BCUT2D eigenvalue weighted by Crippen LogP contribution is 2.28. The number of carbonyl (C=O) groups excluding carboxylic acids is 2. The molecule has 2 aliphatic heterocycles. The minimum atomic E-state index is -0.162. The first-order valence-electron chi connectivity index (χ1n) is 11.3. The summed E-state index contributed by atoms with van der Waals surface area (Å²) in [6.45, 7) is 5.78. The summed E-state index contributed by atoms with van der Waals surface area (Å²) in [5, 5.41) is 0.984. The van der Waals surface area contributed by atoms with Crippen LogP contribution in [0.25, 0.3) is 10.9 Å². The molecular weight excluding hydrogens is 408 g/mol. The van der Waals surface area contributed by atoms with Crippen molar-refractivity contribution in [3.63, 3.8) is 0 Å². The van der Waals surface area contributed by atoms with Crippen molar-refractivity contribution in [3.8, 4) is 5.75 Å². The van der Waals surface area contributed by atoms with Crippen molar-refractivity contribution >= 4 is 22.7 Å². The van der Waals surface area contributed by atoms with Crippen molar-refractivity contribution in [2.24, 2.45) is 5.92 Å². The van der Waals surface area contributed by atoms with Crippen LogP contribution >= 0.6 is 0 Å².